The lowest BCUT2D eigenvalue weighted by Gasteiger charge is -2.15. The van der Waals surface area contributed by atoms with Crippen LogP contribution in [-0.4, -0.2) is 17.4 Å². The molecule has 0 aliphatic carbocycles. The summed E-state index contributed by atoms with van der Waals surface area (Å²) in [5.74, 6) is 0.394. The molecule has 8 nitrogen and oxygen atoms in total. The fraction of sp³-hybridized carbons (Fsp3) is 0.154. The van der Waals surface area contributed by atoms with E-state index in [1.807, 2.05) is 43.3 Å². The van der Waals surface area contributed by atoms with Crippen molar-refractivity contribution in [3.8, 4) is 17.6 Å². The fourth-order valence-electron chi connectivity index (χ4n) is 3.17. The second-order valence-electron chi connectivity index (χ2n) is 7.42. The van der Waals surface area contributed by atoms with Gasteiger partial charge in [-0.1, -0.05) is 36.4 Å². The van der Waals surface area contributed by atoms with E-state index in [1.165, 1.54) is 24.3 Å². The molecule has 178 valence electrons. The first-order chi connectivity index (χ1) is 16.8. The zero-order chi connectivity index (χ0) is 25.4. The van der Waals surface area contributed by atoms with Crippen molar-refractivity contribution >= 4 is 45.9 Å². The quantitative estimate of drug-likeness (QED) is 0.108. The van der Waals surface area contributed by atoms with Crippen molar-refractivity contribution in [2.45, 2.75) is 20.5 Å². The van der Waals surface area contributed by atoms with Gasteiger partial charge in [0.1, 0.15) is 18.2 Å². The van der Waals surface area contributed by atoms with Crippen LogP contribution in [0.1, 0.15) is 23.6 Å². The minimum atomic E-state index is -0.673. The molecule has 0 spiro atoms. The van der Waals surface area contributed by atoms with E-state index in [2.05, 4.69) is 27.9 Å². The number of non-ortho nitro benzene ring substituents is 1. The predicted molar refractivity (Wildman–Crippen MR) is 141 cm³/mol. The maximum Gasteiger partial charge on any atom is 0.271 e. The van der Waals surface area contributed by atoms with E-state index in [0.717, 1.165) is 9.13 Å². The number of rotatable bonds is 9. The first-order valence-corrected chi connectivity index (χ1v) is 11.7. The Bertz CT molecular complexity index is 1320. The van der Waals surface area contributed by atoms with Gasteiger partial charge in [0.15, 0.2) is 11.5 Å². The highest BCUT2D eigenvalue weighted by Gasteiger charge is 2.16. The van der Waals surface area contributed by atoms with Crippen LogP contribution >= 0.6 is 22.6 Å². The van der Waals surface area contributed by atoms with Gasteiger partial charge in [-0.15, -0.1) is 0 Å². The summed E-state index contributed by atoms with van der Waals surface area (Å²) in [5, 5.41) is 23.3. The van der Waals surface area contributed by atoms with Crippen molar-refractivity contribution < 1.29 is 19.2 Å². The van der Waals surface area contributed by atoms with Crippen molar-refractivity contribution in [3.05, 3.63) is 96.6 Å². The summed E-state index contributed by atoms with van der Waals surface area (Å²) in [7, 11) is 0. The van der Waals surface area contributed by atoms with Gasteiger partial charge in [-0.05, 0) is 71.3 Å². The molecule has 0 saturated heterocycles. The number of hydrogen-bond donors (Lipinski definition) is 1. The number of ether oxygens (including phenoxy) is 2. The minimum Gasteiger partial charge on any atom is -0.490 e. The number of nitrogens with one attached hydrogen (secondary N) is 1. The van der Waals surface area contributed by atoms with E-state index in [0.29, 0.717) is 35.8 Å². The largest absolute Gasteiger partial charge is 0.490 e. The van der Waals surface area contributed by atoms with E-state index in [-0.39, 0.29) is 16.9 Å². The van der Waals surface area contributed by atoms with Crippen LogP contribution in [0.3, 0.4) is 0 Å². The number of benzene rings is 3. The van der Waals surface area contributed by atoms with E-state index < -0.39 is 10.8 Å². The number of aryl methyl sites for hydroxylation is 1. The number of nitrogens with zero attached hydrogens (tertiary/aromatic N) is 2. The van der Waals surface area contributed by atoms with Crippen LogP contribution in [0.5, 0.6) is 11.5 Å². The van der Waals surface area contributed by atoms with Crippen LogP contribution in [0.25, 0.3) is 6.08 Å². The highest BCUT2D eigenvalue weighted by Crippen LogP contribution is 2.35. The van der Waals surface area contributed by atoms with E-state index >= 15 is 0 Å². The molecule has 3 rings (SSSR count). The standard InChI is InChI=1S/C26H22IN3O5/c1-3-34-24-13-19(12-22(27)25(24)35-16-18-7-5-4-6-8-18)11-20(15-28)26(31)29-23-14-21(30(32)33)10-9-17(23)2/h4-14H,3,16H2,1-2H3,(H,29,31)/b20-11+. The molecule has 0 atom stereocenters. The van der Waals surface area contributed by atoms with Gasteiger partial charge in [0.05, 0.1) is 20.8 Å². The topological polar surface area (TPSA) is 114 Å². The van der Waals surface area contributed by atoms with Crippen LogP contribution < -0.4 is 14.8 Å². The summed E-state index contributed by atoms with van der Waals surface area (Å²) < 4.78 is 12.5. The van der Waals surface area contributed by atoms with Crippen molar-refractivity contribution in [1.29, 1.82) is 5.26 Å². The van der Waals surface area contributed by atoms with Gasteiger partial charge in [-0.3, -0.25) is 14.9 Å². The third-order valence-corrected chi connectivity index (χ3v) is 5.72. The van der Waals surface area contributed by atoms with E-state index in [1.54, 1.807) is 19.1 Å². The maximum absolute atomic E-state index is 12.8. The Morgan fingerprint density at radius 3 is 2.57 bits per heavy atom. The summed E-state index contributed by atoms with van der Waals surface area (Å²) in [4.78, 5) is 23.3. The zero-order valence-electron chi connectivity index (χ0n) is 19.1. The average molecular weight is 583 g/mol. The first kappa shape index (κ1) is 25.7. The Hall–Kier alpha value is -3.91. The van der Waals surface area contributed by atoms with Crippen molar-refractivity contribution in [2.75, 3.05) is 11.9 Å². The highest BCUT2D eigenvalue weighted by molar-refractivity contribution is 14.1. The van der Waals surface area contributed by atoms with Gasteiger partial charge in [0.2, 0.25) is 0 Å². The normalized spacial score (nSPS) is 10.9. The van der Waals surface area contributed by atoms with Crippen LogP contribution in [-0.2, 0) is 11.4 Å². The number of hydrogen-bond acceptors (Lipinski definition) is 6. The smallest absolute Gasteiger partial charge is 0.271 e. The third kappa shape index (κ3) is 6.80. The number of carbonyl (C=O) groups excluding carboxylic acids is 1. The van der Waals surface area contributed by atoms with Crippen LogP contribution in [0, 0.1) is 31.9 Å². The van der Waals surface area contributed by atoms with Gasteiger partial charge in [-0.25, -0.2) is 0 Å². The number of carbonyl (C=O) groups is 1. The van der Waals surface area contributed by atoms with Gasteiger partial charge >= 0.3 is 0 Å². The summed E-state index contributed by atoms with van der Waals surface area (Å²) in [6.07, 6.45) is 1.44. The Morgan fingerprint density at radius 2 is 1.91 bits per heavy atom. The third-order valence-electron chi connectivity index (χ3n) is 4.91. The summed E-state index contributed by atoms with van der Waals surface area (Å²) >= 11 is 2.12. The molecule has 1 amide bonds. The molecule has 35 heavy (non-hydrogen) atoms. The first-order valence-electron chi connectivity index (χ1n) is 10.6. The number of nitro groups is 1. The van der Waals surface area contributed by atoms with Gasteiger partial charge in [0, 0.05) is 12.1 Å². The maximum atomic E-state index is 12.8. The Morgan fingerprint density at radius 1 is 1.17 bits per heavy atom. The van der Waals surface area contributed by atoms with Gasteiger partial charge in [-0.2, -0.15) is 5.26 Å². The molecule has 9 heteroatoms. The van der Waals surface area contributed by atoms with Gasteiger partial charge < -0.3 is 14.8 Å². The van der Waals surface area contributed by atoms with Crippen LogP contribution in [0.2, 0.25) is 0 Å². The number of anilines is 1. The summed E-state index contributed by atoms with van der Waals surface area (Å²) in [5.41, 5.74) is 2.17. The lowest BCUT2D eigenvalue weighted by Crippen LogP contribution is -2.14. The number of halogens is 1. The lowest BCUT2D eigenvalue weighted by molar-refractivity contribution is -0.384. The predicted octanol–water partition coefficient (Wildman–Crippen LogP) is 6.03. The molecule has 0 heterocycles. The van der Waals surface area contributed by atoms with Gasteiger partial charge in [0.25, 0.3) is 11.6 Å². The second kappa shape index (κ2) is 12.0. The molecular formula is C26H22IN3O5. The monoisotopic (exact) mass is 583 g/mol. The van der Waals surface area contributed by atoms with Crippen molar-refractivity contribution in [3.63, 3.8) is 0 Å². The Kier molecular flexibility index (Phi) is 8.80. The number of amides is 1. The fourth-order valence-corrected chi connectivity index (χ4v) is 3.95. The Labute approximate surface area is 216 Å². The van der Waals surface area contributed by atoms with Crippen LogP contribution in [0.4, 0.5) is 11.4 Å². The molecule has 0 aromatic heterocycles. The lowest BCUT2D eigenvalue weighted by atomic mass is 10.1. The second-order valence-corrected chi connectivity index (χ2v) is 8.58. The molecule has 0 aliphatic heterocycles. The molecular weight excluding hydrogens is 561 g/mol. The molecule has 0 fully saturated rings. The number of nitro benzene ring substituents is 1. The molecule has 3 aromatic rings. The minimum absolute atomic E-state index is 0.157. The molecule has 1 N–H and O–H groups in total. The summed E-state index contributed by atoms with van der Waals surface area (Å²) in [6.45, 7) is 4.33. The SMILES string of the molecule is CCOc1cc(/C=C(\C#N)C(=O)Nc2cc([N+](=O)[O-])ccc2C)cc(I)c1OCc1ccccc1. The highest BCUT2D eigenvalue weighted by atomic mass is 127. The molecule has 3 aromatic carbocycles. The van der Waals surface area contributed by atoms with Crippen LogP contribution in [0.15, 0.2) is 66.2 Å². The molecule has 0 saturated carbocycles. The van der Waals surface area contributed by atoms with Crippen molar-refractivity contribution in [1.82, 2.24) is 0 Å². The van der Waals surface area contributed by atoms with Crippen molar-refractivity contribution in [2.24, 2.45) is 0 Å². The Balaban J connectivity index is 1.87. The molecule has 0 aliphatic rings. The number of nitriles is 1. The molecule has 0 unspecified atom stereocenters. The average Bonchev–Trinajstić information content (AvgIpc) is 2.84. The zero-order valence-corrected chi connectivity index (χ0v) is 21.2. The van der Waals surface area contributed by atoms with E-state index in [4.69, 9.17) is 9.47 Å². The summed E-state index contributed by atoms with van der Waals surface area (Å²) in [6, 6.07) is 19.3. The van der Waals surface area contributed by atoms with E-state index in [9.17, 15) is 20.2 Å². The molecule has 0 radical (unpaired) electrons. The molecule has 0 bridgehead atoms.